The average Bonchev–Trinajstić information content (AvgIpc) is 2.63. The smallest absolute Gasteiger partial charge is 0.105 e. The Morgan fingerprint density at radius 3 is 2.44 bits per heavy atom. The van der Waals surface area contributed by atoms with Gasteiger partial charge in [-0.25, -0.2) is 4.99 Å². The first-order valence-corrected chi connectivity index (χ1v) is 10.3. The molecule has 0 atom stereocenters. The van der Waals surface area contributed by atoms with Crippen LogP contribution in [0.2, 0.25) is 5.02 Å². The largest absolute Gasteiger partial charge is 0.241 e. The molecule has 1 nitrogen and oxygen atoms in total. The Kier molecular flexibility index (Phi) is 6.46. The van der Waals surface area contributed by atoms with Crippen molar-refractivity contribution < 1.29 is 0 Å². The van der Waals surface area contributed by atoms with Crippen molar-refractivity contribution in [1.82, 2.24) is 0 Å². The standard InChI is InChI=1S/C21H20ClNS2/c1-15(2)20-13-8-16(14-24-19-6-4-3-5-7-19)21(25-20)23-18-11-9-17(22)10-12-18/h3-7,9-12,14H,8,13H2,1-2H3. The van der Waals surface area contributed by atoms with Crippen molar-refractivity contribution in [3.8, 4) is 0 Å². The first-order valence-electron chi connectivity index (χ1n) is 8.21. The fourth-order valence-corrected chi connectivity index (χ4v) is 4.52. The molecule has 0 radical (unpaired) electrons. The molecule has 1 aliphatic heterocycles. The van der Waals surface area contributed by atoms with Crippen LogP contribution in [0.4, 0.5) is 5.69 Å². The molecule has 0 bridgehead atoms. The number of benzene rings is 2. The highest BCUT2D eigenvalue weighted by molar-refractivity contribution is 8.17. The first kappa shape index (κ1) is 18.4. The lowest BCUT2D eigenvalue weighted by molar-refractivity contribution is 0.988. The van der Waals surface area contributed by atoms with E-state index in [1.165, 1.54) is 20.9 Å². The molecule has 4 heteroatoms. The van der Waals surface area contributed by atoms with Gasteiger partial charge in [-0.1, -0.05) is 58.9 Å². The molecular weight excluding hydrogens is 366 g/mol. The van der Waals surface area contributed by atoms with E-state index in [0.29, 0.717) is 0 Å². The first-order chi connectivity index (χ1) is 12.1. The summed E-state index contributed by atoms with van der Waals surface area (Å²) < 4.78 is 0. The van der Waals surface area contributed by atoms with Crippen molar-refractivity contribution in [3.05, 3.63) is 81.1 Å². The fraction of sp³-hybridized carbons (Fsp3) is 0.190. The van der Waals surface area contributed by atoms with Gasteiger partial charge in [0.15, 0.2) is 0 Å². The molecular formula is C21H20ClNS2. The molecule has 2 aromatic rings. The third-order valence-electron chi connectivity index (χ3n) is 3.81. The molecule has 1 heterocycles. The zero-order valence-corrected chi connectivity index (χ0v) is 16.7. The Balaban J connectivity index is 1.89. The molecule has 0 amide bonds. The topological polar surface area (TPSA) is 12.4 Å². The molecule has 0 saturated carbocycles. The van der Waals surface area contributed by atoms with Crippen molar-refractivity contribution in [2.24, 2.45) is 4.99 Å². The summed E-state index contributed by atoms with van der Waals surface area (Å²) in [6, 6.07) is 18.2. The van der Waals surface area contributed by atoms with Crippen molar-refractivity contribution >= 4 is 45.9 Å². The Morgan fingerprint density at radius 1 is 1.04 bits per heavy atom. The lowest BCUT2D eigenvalue weighted by Gasteiger charge is -2.20. The second-order valence-corrected chi connectivity index (χ2v) is 8.46. The van der Waals surface area contributed by atoms with Crippen molar-refractivity contribution in [1.29, 1.82) is 0 Å². The molecule has 2 aromatic carbocycles. The molecule has 128 valence electrons. The van der Waals surface area contributed by atoms with E-state index in [9.17, 15) is 0 Å². The highest BCUT2D eigenvalue weighted by atomic mass is 35.5. The van der Waals surface area contributed by atoms with E-state index < -0.39 is 0 Å². The summed E-state index contributed by atoms with van der Waals surface area (Å²) in [7, 11) is 0. The highest BCUT2D eigenvalue weighted by Gasteiger charge is 2.19. The maximum Gasteiger partial charge on any atom is 0.105 e. The van der Waals surface area contributed by atoms with Gasteiger partial charge in [0.05, 0.1) is 5.69 Å². The van der Waals surface area contributed by atoms with E-state index in [-0.39, 0.29) is 0 Å². The van der Waals surface area contributed by atoms with Gasteiger partial charge < -0.3 is 0 Å². The fourth-order valence-electron chi connectivity index (χ4n) is 2.42. The van der Waals surface area contributed by atoms with E-state index in [2.05, 4.69) is 43.5 Å². The van der Waals surface area contributed by atoms with Gasteiger partial charge in [-0.2, -0.15) is 0 Å². The van der Waals surface area contributed by atoms with Gasteiger partial charge >= 0.3 is 0 Å². The van der Waals surface area contributed by atoms with Gasteiger partial charge in [0.25, 0.3) is 0 Å². The second kappa shape index (κ2) is 8.79. The summed E-state index contributed by atoms with van der Waals surface area (Å²) in [5.74, 6) is 0. The molecule has 1 fully saturated rings. The molecule has 3 rings (SSSR count). The quantitative estimate of drug-likeness (QED) is 0.498. The van der Waals surface area contributed by atoms with Crippen LogP contribution in [-0.2, 0) is 0 Å². The zero-order chi connectivity index (χ0) is 17.6. The summed E-state index contributed by atoms with van der Waals surface area (Å²) in [5.41, 5.74) is 3.62. The summed E-state index contributed by atoms with van der Waals surface area (Å²) in [6.45, 7) is 4.35. The number of halogens is 1. The third-order valence-corrected chi connectivity index (χ3v) is 6.42. The van der Waals surface area contributed by atoms with Crippen LogP contribution in [0, 0.1) is 0 Å². The van der Waals surface area contributed by atoms with Crippen molar-refractivity contribution in [3.63, 3.8) is 0 Å². The summed E-state index contributed by atoms with van der Waals surface area (Å²) >= 11 is 9.55. The molecule has 0 aliphatic carbocycles. The minimum atomic E-state index is 0.737. The minimum Gasteiger partial charge on any atom is -0.241 e. The lowest BCUT2D eigenvalue weighted by atomic mass is 10.1. The van der Waals surface area contributed by atoms with Crippen LogP contribution in [0.15, 0.2) is 85.9 Å². The average molecular weight is 386 g/mol. The number of nitrogens with zero attached hydrogens (tertiary/aromatic N) is 1. The highest BCUT2D eigenvalue weighted by Crippen LogP contribution is 2.39. The Labute approximate surface area is 163 Å². The predicted molar refractivity (Wildman–Crippen MR) is 114 cm³/mol. The van der Waals surface area contributed by atoms with E-state index in [1.807, 2.05) is 30.3 Å². The van der Waals surface area contributed by atoms with Crippen LogP contribution in [0.1, 0.15) is 26.7 Å². The number of hydrogen-bond donors (Lipinski definition) is 0. The third kappa shape index (κ3) is 5.27. The van der Waals surface area contributed by atoms with Crippen LogP contribution in [-0.4, -0.2) is 5.04 Å². The van der Waals surface area contributed by atoms with Gasteiger partial charge in [0, 0.05) is 9.92 Å². The molecule has 0 aromatic heterocycles. The maximum absolute atomic E-state index is 5.99. The SMILES string of the molecule is CC(C)=C1CCC(=CSc2ccccc2)C(=Nc2ccc(Cl)cc2)S1. The Bertz CT molecular complexity index is 817. The Morgan fingerprint density at radius 2 is 1.76 bits per heavy atom. The molecule has 0 unspecified atom stereocenters. The number of aliphatic imine (C=N–C) groups is 1. The normalized spacial score (nSPS) is 18.0. The number of thioether (sulfide) groups is 2. The van der Waals surface area contributed by atoms with Crippen LogP contribution in [0.3, 0.4) is 0 Å². The summed E-state index contributed by atoms with van der Waals surface area (Å²) in [6.07, 6.45) is 2.12. The molecule has 0 N–H and O–H groups in total. The van der Waals surface area contributed by atoms with Gasteiger partial charge in [0.1, 0.15) is 5.04 Å². The lowest BCUT2D eigenvalue weighted by Crippen LogP contribution is -2.06. The Hall–Kier alpha value is -1.42. The molecule has 1 aliphatic rings. The van der Waals surface area contributed by atoms with Gasteiger partial charge in [0.2, 0.25) is 0 Å². The molecule has 1 saturated heterocycles. The van der Waals surface area contributed by atoms with Crippen molar-refractivity contribution in [2.75, 3.05) is 0 Å². The van der Waals surface area contributed by atoms with Crippen LogP contribution >= 0.6 is 35.1 Å². The van der Waals surface area contributed by atoms with Gasteiger partial charge in [-0.3, -0.25) is 0 Å². The predicted octanol–water partition coefficient (Wildman–Crippen LogP) is 7.87. The number of hydrogen-bond acceptors (Lipinski definition) is 3. The van der Waals surface area contributed by atoms with Crippen LogP contribution < -0.4 is 0 Å². The van der Waals surface area contributed by atoms with E-state index in [0.717, 1.165) is 28.6 Å². The van der Waals surface area contributed by atoms with Crippen LogP contribution in [0.5, 0.6) is 0 Å². The van der Waals surface area contributed by atoms with Crippen molar-refractivity contribution in [2.45, 2.75) is 31.6 Å². The van der Waals surface area contributed by atoms with Gasteiger partial charge in [-0.05, 0) is 79.0 Å². The second-order valence-electron chi connectivity index (χ2n) is 5.99. The number of allylic oxidation sites excluding steroid dienone is 2. The van der Waals surface area contributed by atoms with Gasteiger partial charge in [-0.15, -0.1) is 0 Å². The molecule has 25 heavy (non-hydrogen) atoms. The van der Waals surface area contributed by atoms with E-state index in [4.69, 9.17) is 16.6 Å². The maximum atomic E-state index is 5.99. The minimum absolute atomic E-state index is 0.737. The van der Waals surface area contributed by atoms with E-state index >= 15 is 0 Å². The number of rotatable bonds is 3. The molecule has 0 spiro atoms. The van der Waals surface area contributed by atoms with Crippen LogP contribution in [0.25, 0.3) is 0 Å². The monoisotopic (exact) mass is 385 g/mol. The zero-order valence-electron chi connectivity index (χ0n) is 14.3. The summed E-state index contributed by atoms with van der Waals surface area (Å²) in [5, 5.41) is 4.08. The summed E-state index contributed by atoms with van der Waals surface area (Å²) in [4.78, 5) is 7.57. The van der Waals surface area contributed by atoms with E-state index in [1.54, 1.807) is 23.5 Å².